The first-order valence-electron chi connectivity index (χ1n) is 7.05. The normalized spacial score (nSPS) is 16.0. The summed E-state index contributed by atoms with van der Waals surface area (Å²) in [6.45, 7) is 1.91. The number of nitro benzene ring substituents is 1. The van der Waals surface area contributed by atoms with E-state index in [1.165, 1.54) is 28.8 Å². The van der Waals surface area contributed by atoms with Gasteiger partial charge in [0.25, 0.3) is 11.6 Å². The molecule has 0 spiro atoms. The molecule has 3 rings (SSSR count). The average molecular weight is 356 g/mol. The van der Waals surface area contributed by atoms with Gasteiger partial charge in [0.1, 0.15) is 0 Å². The maximum atomic E-state index is 12.7. The first kappa shape index (κ1) is 16.4. The van der Waals surface area contributed by atoms with Gasteiger partial charge in [-0.1, -0.05) is 54.3 Å². The number of thioether (sulfide) groups is 1. The van der Waals surface area contributed by atoms with Gasteiger partial charge in [0.2, 0.25) is 0 Å². The Morgan fingerprint density at radius 1 is 1.21 bits per heavy atom. The number of thiocarbonyl (C=S) groups is 1. The fourth-order valence-corrected chi connectivity index (χ4v) is 3.65. The number of carbonyl (C=O) groups excluding carboxylic acids is 1. The van der Waals surface area contributed by atoms with Crippen molar-refractivity contribution in [2.75, 3.05) is 4.90 Å². The third-order valence-corrected chi connectivity index (χ3v) is 4.83. The van der Waals surface area contributed by atoms with E-state index in [1.807, 2.05) is 31.2 Å². The van der Waals surface area contributed by atoms with Crippen LogP contribution in [0.4, 0.5) is 11.4 Å². The van der Waals surface area contributed by atoms with Crippen LogP contribution in [-0.4, -0.2) is 15.2 Å². The van der Waals surface area contributed by atoms with Crippen LogP contribution in [0.2, 0.25) is 0 Å². The number of benzene rings is 2. The number of hydrogen-bond donors (Lipinski definition) is 0. The van der Waals surface area contributed by atoms with Gasteiger partial charge in [0.15, 0.2) is 4.32 Å². The second kappa shape index (κ2) is 6.54. The molecule has 24 heavy (non-hydrogen) atoms. The van der Waals surface area contributed by atoms with Crippen molar-refractivity contribution in [3.05, 3.63) is 74.7 Å². The van der Waals surface area contributed by atoms with Crippen molar-refractivity contribution in [2.24, 2.45) is 0 Å². The number of non-ortho nitro benzene ring substituents is 1. The van der Waals surface area contributed by atoms with Gasteiger partial charge in [-0.3, -0.25) is 19.8 Å². The lowest BCUT2D eigenvalue weighted by molar-refractivity contribution is -0.384. The lowest BCUT2D eigenvalue weighted by Crippen LogP contribution is -2.28. The summed E-state index contributed by atoms with van der Waals surface area (Å²) >= 11 is 6.53. The van der Waals surface area contributed by atoms with E-state index in [0.717, 1.165) is 11.3 Å². The van der Waals surface area contributed by atoms with Crippen LogP contribution in [0.5, 0.6) is 0 Å². The fourth-order valence-electron chi connectivity index (χ4n) is 2.37. The third-order valence-electron chi connectivity index (χ3n) is 3.53. The standard InChI is InChI=1S/C17H12N2O3S2/c1-11-5-2-3-8-14(11)18-16(20)15(24-17(18)23)10-12-6-4-7-13(9-12)19(21)22/h2-10H,1H3. The van der Waals surface area contributed by atoms with Crippen molar-refractivity contribution in [3.63, 3.8) is 0 Å². The molecule has 1 aliphatic rings. The lowest BCUT2D eigenvalue weighted by atomic mass is 10.1. The van der Waals surface area contributed by atoms with E-state index in [0.29, 0.717) is 14.8 Å². The Hall–Kier alpha value is -2.51. The topological polar surface area (TPSA) is 63.5 Å². The predicted octanol–water partition coefficient (Wildman–Crippen LogP) is 4.31. The zero-order valence-corrected chi connectivity index (χ0v) is 14.3. The summed E-state index contributed by atoms with van der Waals surface area (Å²) in [5.74, 6) is -0.217. The highest BCUT2D eigenvalue weighted by Crippen LogP contribution is 2.37. The highest BCUT2D eigenvalue weighted by atomic mass is 32.2. The Morgan fingerprint density at radius 2 is 1.96 bits per heavy atom. The largest absolute Gasteiger partial charge is 0.270 e. The Morgan fingerprint density at radius 3 is 2.67 bits per heavy atom. The second-order valence-electron chi connectivity index (χ2n) is 5.16. The molecule has 0 radical (unpaired) electrons. The van der Waals surface area contributed by atoms with E-state index in [1.54, 1.807) is 18.2 Å². The number of para-hydroxylation sites is 1. The van der Waals surface area contributed by atoms with Crippen LogP contribution in [0.25, 0.3) is 6.08 Å². The van der Waals surface area contributed by atoms with Crippen molar-refractivity contribution < 1.29 is 9.72 Å². The second-order valence-corrected chi connectivity index (χ2v) is 6.83. The molecule has 0 N–H and O–H groups in total. The highest BCUT2D eigenvalue weighted by Gasteiger charge is 2.33. The van der Waals surface area contributed by atoms with Crippen molar-refractivity contribution in [1.82, 2.24) is 0 Å². The van der Waals surface area contributed by atoms with Crippen LogP contribution in [0, 0.1) is 17.0 Å². The Kier molecular flexibility index (Phi) is 4.46. The minimum atomic E-state index is -0.462. The number of amides is 1. The Bertz CT molecular complexity index is 893. The Balaban J connectivity index is 1.96. The van der Waals surface area contributed by atoms with E-state index in [2.05, 4.69) is 0 Å². The number of anilines is 1. The molecule has 2 aromatic carbocycles. The summed E-state index contributed by atoms with van der Waals surface area (Å²) in [6, 6.07) is 13.7. The van der Waals surface area contributed by atoms with Crippen molar-refractivity contribution >= 4 is 51.7 Å². The van der Waals surface area contributed by atoms with Crippen LogP contribution < -0.4 is 4.90 Å². The van der Waals surface area contributed by atoms with Crippen LogP contribution in [0.1, 0.15) is 11.1 Å². The number of hydrogen-bond acceptors (Lipinski definition) is 5. The highest BCUT2D eigenvalue weighted by molar-refractivity contribution is 8.27. The molecule has 1 amide bonds. The van der Waals surface area contributed by atoms with Gasteiger partial charge >= 0.3 is 0 Å². The molecular weight excluding hydrogens is 344 g/mol. The summed E-state index contributed by atoms with van der Waals surface area (Å²) in [6.07, 6.45) is 1.63. The van der Waals surface area contributed by atoms with Gasteiger partial charge in [0.05, 0.1) is 15.5 Å². The first-order valence-corrected chi connectivity index (χ1v) is 8.28. The average Bonchev–Trinajstić information content (AvgIpc) is 2.82. The lowest BCUT2D eigenvalue weighted by Gasteiger charge is -2.16. The molecule has 7 heteroatoms. The van der Waals surface area contributed by atoms with Crippen LogP contribution in [-0.2, 0) is 4.79 Å². The summed E-state index contributed by atoms with van der Waals surface area (Å²) in [5, 5.41) is 10.9. The minimum Gasteiger partial charge on any atom is -0.268 e. The molecule has 5 nitrogen and oxygen atoms in total. The SMILES string of the molecule is Cc1ccccc1N1C(=O)C(=Cc2cccc([N+](=O)[O-])c2)SC1=S. The number of nitrogens with zero attached hydrogens (tertiary/aromatic N) is 2. The third kappa shape index (κ3) is 3.08. The van der Waals surface area contributed by atoms with E-state index < -0.39 is 4.92 Å². The molecule has 0 unspecified atom stereocenters. The molecule has 1 heterocycles. The molecule has 1 aliphatic heterocycles. The summed E-state index contributed by atoms with van der Waals surface area (Å²) < 4.78 is 0.450. The van der Waals surface area contributed by atoms with E-state index in [4.69, 9.17) is 12.2 Å². The van der Waals surface area contributed by atoms with Gasteiger partial charge in [-0.05, 0) is 30.2 Å². The summed E-state index contributed by atoms with van der Waals surface area (Å²) in [7, 11) is 0. The number of rotatable bonds is 3. The molecule has 1 saturated heterocycles. The number of carbonyl (C=O) groups is 1. The molecule has 0 atom stereocenters. The predicted molar refractivity (Wildman–Crippen MR) is 99.9 cm³/mol. The molecule has 1 fully saturated rings. The van der Waals surface area contributed by atoms with E-state index in [-0.39, 0.29) is 11.6 Å². The number of aryl methyl sites for hydroxylation is 1. The maximum Gasteiger partial charge on any atom is 0.270 e. The zero-order chi connectivity index (χ0) is 17.3. The van der Waals surface area contributed by atoms with Gasteiger partial charge in [0, 0.05) is 12.1 Å². The summed E-state index contributed by atoms with van der Waals surface area (Å²) in [4.78, 5) is 25.1. The maximum absolute atomic E-state index is 12.7. The van der Waals surface area contributed by atoms with Crippen molar-refractivity contribution in [3.8, 4) is 0 Å². The first-order chi connectivity index (χ1) is 11.5. The molecule has 0 saturated carbocycles. The van der Waals surface area contributed by atoms with Crippen LogP contribution >= 0.6 is 24.0 Å². The molecule has 0 bridgehead atoms. The van der Waals surface area contributed by atoms with Crippen LogP contribution in [0.15, 0.2) is 53.4 Å². The molecule has 120 valence electrons. The van der Waals surface area contributed by atoms with Crippen LogP contribution in [0.3, 0.4) is 0 Å². The number of nitro groups is 1. The monoisotopic (exact) mass is 356 g/mol. The van der Waals surface area contributed by atoms with Gasteiger partial charge in [-0.2, -0.15) is 0 Å². The zero-order valence-electron chi connectivity index (χ0n) is 12.6. The molecular formula is C17H12N2O3S2. The van der Waals surface area contributed by atoms with Crippen molar-refractivity contribution in [1.29, 1.82) is 0 Å². The fraction of sp³-hybridized carbons (Fsp3) is 0.0588. The molecule has 0 aromatic heterocycles. The minimum absolute atomic E-state index is 0.0156. The van der Waals surface area contributed by atoms with Gasteiger partial charge in [-0.25, -0.2) is 0 Å². The van der Waals surface area contributed by atoms with Gasteiger partial charge in [-0.15, -0.1) is 0 Å². The van der Waals surface area contributed by atoms with Crippen molar-refractivity contribution in [2.45, 2.75) is 6.92 Å². The van der Waals surface area contributed by atoms with E-state index >= 15 is 0 Å². The quantitative estimate of drug-likeness (QED) is 0.355. The summed E-state index contributed by atoms with van der Waals surface area (Å²) in [5.41, 5.74) is 2.28. The van der Waals surface area contributed by atoms with E-state index in [9.17, 15) is 14.9 Å². The van der Waals surface area contributed by atoms with Gasteiger partial charge < -0.3 is 0 Å². The Labute approximate surface area is 148 Å². The molecule has 2 aromatic rings. The molecule has 0 aliphatic carbocycles. The smallest absolute Gasteiger partial charge is 0.268 e.